The van der Waals surface area contributed by atoms with Gasteiger partial charge in [0, 0.05) is 42.7 Å². The van der Waals surface area contributed by atoms with Crippen molar-refractivity contribution in [2.75, 3.05) is 26.2 Å². The summed E-state index contributed by atoms with van der Waals surface area (Å²) in [5, 5.41) is 20.5. The van der Waals surface area contributed by atoms with E-state index in [2.05, 4.69) is 4.98 Å². The zero-order valence-electron chi connectivity index (χ0n) is 17.0. The number of benzene rings is 2. The van der Waals surface area contributed by atoms with Gasteiger partial charge in [0.15, 0.2) is 0 Å². The molecule has 0 spiro atoms. The summed E-state index contributed by atoms with van der Waals surface area (Å²) in [6, 6.07) is 16.2. The summed E-state index contributed by atoms with van der Waals surface area (Å²) in [5.74, 6) is -0.0636. The third kappa shape index (κ3) is 3.72. The fourth-order valence-electron chi connectivity index (χ4n) is 3.98. The molecule has 7 nitrogen and oxygen atoms in total. The number of pyridine rings is 1. The molecule has 2 aromatic carbocycles. The van der Waals surface area contributed by atoms with Crippen molar-refractivity contribution in [3.63, 3.8) is 0 Å². The van der Waals surface area contributed by atoms with Gasteiger partial charge < -0.3 is 20.0 Å². The molecule has 2 amide bonds. The number of fused-ring (bicyclic) bond motifs is 1. The van der Waals surface area contributed by atoms with E-state index in [4.69, 9.17) is 0 Å². The molecular formula is C24H23N3O4. The number of aliphatic hydroxyl groups is 1. The summed E-state index contributed by atoms with van der Waals surface area (Å²) in [4.78, 5) is 33.2. The molecule has 5 rings (SSSR count). The molecule has 7 heteroatoms. The lowest BCUT2D eigenvalue weighted by Gasteiger charge is -2.35. The fraction of sp³-hybridized carbons (Fsp3) is 0.292. The molecule has 1 aliphatic heterocycles. The molecule has 2 aliphatic rings. The van der Waals surface area contributed by atoms with Crippen molar-refractivity contribution in [1.82, 2.24) is 14.8 Å². The summed E-state index contributed by atoms with van der Waals surface area (Å²) >= 11 is 0. The smallest absolute Gasteiger partial charge is 0.254 e. The predicted molar refractivity (Wildman–Crippen MR) is 116 cm³/mol. The van der Waals surface area contributed by atoms with E-state index < -0.39 is 5.60 Å². The van der Waals surface area contributed by atoms with Gasteiger partial charge in [-0.1, -0.05) is 18.2 Å². The van der Waals surface area contributed by atoms with Crippen LogP contribution in [0.15, 0.2) is 54.6 Å². The Bertz CT molecular complexity index is 1160. The van der Waals surface area contributed by atoms with Crippen LogP contribution in [0.25, 0.3) is 22.2 Å². The summed E-state index contributed by atoms with van der Waals surface area (Å²) in [6.07, 6.45) is 1.07. The van der Waals surface area contributed by atoms with Crippen molar-refractivity contribution in [2.45, 2.75) is 18.4 Å². The Morgan fingerprint density at radius 3 is 2.23 bits per heavy atom. The summed E-state index contributed by atoms with van der Waals surface area (Å²) < 4.78 is 0. The Hall–Kier alpha value is -3.45. The average Bonchev–Trinajstić information content (AvgIpc) is 3.56. The lowest BCUT2D eigenvalue weighted by molar-refractivity contribution is -0.143. The fourth-order valence-corrected chi connectivity index (χ4v) is 3.98. The van der Waals surface area contributed by atoms with Crippen molar-refractivity contribution in [2.24, 2.45) is 0 Å². The number of hydrogen-bond acceptors (Lipinski definition) is 5. The number of aromatic hydroxyl groups is 1. The maximum absolute atomic E-state index is 12.9. The van der Waals surface area contributed by atoms with E-state index >= 15 is 0 Å². The molecule has 0 atom stereocenters. The van der Waals surface area contributed by atoms with Crippen LogP contribution in [0.5, 0.6) is 5.75 Å². The van der Waals surface area contributed by atoms with Gasteiger partial charge in [-0.05, 0) is 49.2 Å². The van der Waals surface area contributed by atoms with Gasteiger partial charge >= 0.3 is 0 Å². The van der Waals surface area contributed by atoms with Crippen molar-refractivity contribution in [1.29, 1.82) is 0 Å². The summed E-state index contributed by atoms with van der Waals surface area (Å²) in [7, 11) is 0. The Kier molecular flexibility index (Phi) is 4.63. The molecule has 31 heavy (non-hydrogen) atoms. The normalized spacial score (nSPS) is 17.6. The minimum Gasteiger partial charge on any atom is -0.508 e. The van der Waals surface area contributed by atoms with Crippen LogP contribution in [0.4, 0.5) is 0 Å². The van der Waals surface area contributed by atoms with E-state index in [1.54, 1.807) is 40.1 Å². The topological polar surface area (TPSA) is 94.0 Å². The largest absolute Gasteiger partial charge is 0.508 e. The number of hydrogen-bond donors (Lipinski definition) is 2. The van der Waals surface area contributed by atoms with Crippen LogP contribution < -0.4 is 0 Å². The quantitative estimate of drug-likeness (QED) is 0.683. The number of aromatic nitrogens is 1. The van der Waals surface area contributed by atoms with Crippen molar-refractivity contribution in [3.8, 4) is 17.0 Å². The molecular weight excluding hydrogens is 394 g/mol. The molecule has 0 bridgehead atoms. The lowest BCUT2D eigenvalue weighted by Crippen LogP contribution is -2.53. The maximum Gasteiger partial charge on any atom is 0.254 e. The second kappa shape index (κ2) is 7.35. The molecule has 2 fully saturated rings. The second-order valence-corrected chi connectivity index (χ2v) is 8.27. The zero-order valence-corrected chi connectivity index (χ0v) is 17.0. The second-order valence-electron chi connectivity index (χ2n) is 8.27. The van der Waals surface area contributed by atoms with Gasteiger partial charge in [0.25, 0.3) is 11.8 Å². The highest BCUT2D eigenvalue weighted by molar-refractivity contribution is 5.95. The molecule has 2 heterocycles. The van der Waals surface area contributed by atoms with Gasteiger partial charge in [-0.3, -0.25) is 9.59 Å². The van der Waals surface area contributed by atoms with E-state index in [1.807, 2.05) is 24.3 Å². The number of carbonyl (C=O) groups excluding carboxylic acids is 2. The summed E-state index contributed by atoms with van der Waals surface area (Å²) in [6.45, 7) is 1.81. The minimum absolute atomic E-state index is 0.0641. The number of amides is 2. The van der Waals surface area contributed by atoms with Crippen LogP contribution >= 0.6 is 0 Å². The SMILES string of the molecule is O=C(c1ccc(-c2ccc3cc(O)ccc3n2)cc1)N1CCN(C(=O)C2(O)CC2)CC1. The van der Waals surface area contributed by atoms with Crippen LogP contribution in [0.1, 0.15) is 23.2 Å². The van der Waals surface area contributed by atoms with Crippen molar-refractivity contribution in [3.05, 3.63) is 60.2 Å². The highest BCUT2D eigenvalue weighted by Crippen LogP contribution is 2.37. The van der Waals surface area contributed by atoms with Gasteiger partial charge in [-0.25, -0.2) is 4.98 Å². The molecule has 1 saturated heterocycles. The van der Waals surface area contributed by atoms with Crippen molar-refractivity contribution < 1.29 is 19.8 Å². The van der Waals surface area contributed by atoms with E-state index in [1.165, 1.54) is 0 Å². The molecule has 3 aromatic rings. The Labute approximate surface area is 179 Å². The van der Waals surface area contributed by atoms with Crippen LogP contribution in [-0.2, 0) is 4.79 Å². The zero-order chi connectivity index (χ0) is 21.6. The molecule has 1 aliphatic carbocycles. The van der Waals surface area contributed by atoms with Gasteiger partial charge in [0.1, 0.15) is 11.4 Å². The number of carbonyl (C=O) groups is 2. The van der Waals surface area contributed by atoms with Crippen LogP contribution in [0, 0.1) is 0 Å². The van der Waals surface area contributed by atoms with Crippen LogP contribution in [0.2, 0.25) is 0 Å². The number of nitrogens with zero attached hydrogens (tertiary/aromatic N) is 3. The van der Waals surface area contributed by atoms with E-state index in [9.17, 15) is 19.8 Å². The number of phenols is 1. The predicted octanol–water partition coefficient (Wildman–Crippen LogP) is 2.42. The number of phenolic OH excluding ortho intramolecular Hbond substituents is 1. The number of piperazine rings is 1. The Morgan fingerprint density at radius 1 is 0.871 bits per heavy atom. The van der Waals surface area contributed by atoms with E-state index in [-0.39, 0.29) is 17.6 Å². The molecule has 0 unspecified atom stereocenters. The first-order valence-electron chi connectivity index (χ1n) is 10.4. The average molecular weight is 417 g/mol. The molecule has 158 valence electrons. The Balaban J connectivity index is 1.26. The molecule has 1 saturated carbocycles. The first-order chi connectivity index (χ1) is 14.9. The molecule has 0 radical (unpaired) electrons. The minimum atomic E-state index is -1.15. The van der Waals surface area contributed by atoms with E-state index in [0.717, 1.165) is 22.2 Å². The first kappa shape index (κ1) is 19.5. The third-order valence-electron chi connectivity index (χ3n) is 6.08. The first-order valence-corrected chi connectivity index (χ1v) is 10.4. The van der Waals surface area contributed by atoms with Gasteiger partial charge in [-0.2, -0.15) is 0 Å². The highest BCUT2D eigenvalue weighted by atomic mass is 16.3. The number of rotatable bonds is 3. The van der Waals surface area contributed by atoms with Gasteiger partial charge in [0.2, 0.25) is 0 Å². The third-order valence-corrected chi connectivity index (χ3v) is 6.08. The molecule has 2 N–H and O–H groups in total. The summed E-state index contributed by atoms with van der Waals surface area (Å²) in [5.41, 5.74) is 1.93. The standard InChI is InChI=1S/C24H23N3O4/c28-19-6-8-21-18(15-19)5-7-20(25-21)16-1-3-17(4-2-16)22(29)26-11-13-27(14-12-26)23(30)24(31)9-10-24/h1-8,15,28,31H,9-14H2. The van der Waals surface area contributed by atoms with E-state index in [0.29, 0.717) is 44.6 Å². The Morgan fingerprint density at radius 2 is 1.55 bits per heavy atom. The molecule has 1 aromatic heterocycles. The van der Waals surface area contributed by atoms with Crippen molar-refractivity contribution >= 4 is 22.7 Å². The van der Waals surface area contributed by atoms with Gasteiger partial charge in [-0.15, -0.1) is 0 Å². The lowest BCUT2D eigenvalue weighted by atomic mass is 10.1. The van der Waals surface area contributed by atoms with Gasteiger partial charge in [0.05, 0.1) is 11.2 Å². The highest BCUT2D eigenvalue weighted by Gasteiger charge is 2.50. The monoisotopic (exact) mass is 417 g/mol. The maximum atomic E-state index is 12.9. The van der Waals surface area contributed by atoms with Crippen LogP contribution in [-0.4, -0.2) is 68.6 Å². The van der Waals surface area contributed by atoms with Crippen LogP contribution in [0.3, 0.4) is 0 Å².